The summed E-state index contributed by atoms with van der Waals surface area (Å²) in [6.07, 6.45) is 1.78. The van der Waals surface area contributed by atoms with Crippen LogP contribution < -0.4 is 5.32 Å². The highest BCUT2D eigenvalue weighted by atomic mass is 35.5. The molecule has 1 saturated heterocycles. The van der Waals surface area contributed by atoms with Crippen LogP contribution in [0.4, 0.5) is 5.69 Å². The Morgan fingerprint density at radius 3 is 2.58 bits per heavy atom. The molecule has 3 rings (SSSR count). The van der Waals surface area contributed by atoms with Crippen LogP contribution in [0.1, 0.15) is 29.3 Å². The molecule has 1 aliphatic rings. The van der Waals surface area contributed by atoms with Crippen molar-refractivity contribution in [1.82, 2.24) is 4.90 Å². The molecule has 1 heterocycles. The predicted octanol–water partition coefficient (Wildman–Crippen LogP) is 4.75. The van der Waals surface area contributed by atoms with Gasteiger partial charge in [-0.25, -0.2) is 4.79 Å². The zero-order valence-electron chi connectivity index (χ0n) is 16.6. The van der Waals surface area contributed by atoms with Crippen LogP contribution in [0.15, 0.2) is 53.4 Å². The van der Waals surface area contributed by atoms with Gasteiger partial charge in [-0.15, -0.1) is 0 Å². The van der Waals surface area contributed by atoms with Crippen molar-refractivity contribution in [3.8, 4) is 0 Å². The minimum absolute atomic E-state index is 0.0748. The van der Waals surface area contributed by atoms with Gasteiger partial charge in [-0.3, -0.25) is 14.5 Å². The third kappa shape index (κ3) is 5.94. The Hall–Kier alpha value is -2.68. The molecule has 0 spiro atoms. The van der Waals surface area contributed by atoms with E-state index in [4.69, 9.17) is 28.6 Å². The summed E-state index contributed by atoms with van der Waals surface area (Å²) in [4.78, 5) is 38.5. The third-order valence-corrected chi connectivity index (χ3v) is 6.03. The van der Waals surface area contributed by atoms with Crippen molar-refractivity contribution >= 4 is 69.4 Å². The minimum atomic E-state index is -0.417. The van der Waals surface area contributed by atoms with Gasteiger partial charge in [-0.2, -0.15) is 0 Å². The fourth-order valence-corrected chi connectivity index (χ4v) is 4.26. The maximum absolute atomic E-state index is 12.7. The van der Waals surface area contributed by atoms with Gasteiger partial charge < -0.3 is 10.1 Å². The van der Waals surface area contributed by atoms with Crippen LogP contribution in [0, 0.1) is 0 Å². The maximum Gasteiger partial charge on any atom is 0.338 e. The number of hydrogen-bond donors (Lipinski definition) is 1. The lowest BCUT2D eigenvalue weighted by molar-refractivity contribution is -0.122. The fourth-order valence-electron chi connectivity index (χ4n) is 2.77. The monoisotopic (exact) mass is 474 g/mol. The molecule has 1 fully saturated rings. The third-order valence-electron chi connectivity index (χ3n) is 4.31. The van der Waals surface area contributed by atoms with Crippen LogP contribution in [0.25, 0.3) is 6.08 Å². The van der Waals surface area contributed by atoms with E-state index < -0.39 is 5.97 Å². The van der Waals surface area contributed by atoms with E-state index in [1.807, 2.05) is 18.2 Å². The first-order valence-corrected chi connectivity index (χ1v) is 11.1. The van der Waals surface area contributed by atoms with E-state index in [9.17, 15) is 14.4 Å². The molecule has 0 saturated carbocycles. The van der Waals surface area contributed by atoms with Crippen LogP contribution in [0.3, 0.4) is 0 Å². The standard InChI is InChI=1S/C22H19ClN2O4S2/c1-2-29-21(28)14-7-9-16(10-8-14)24-19(26)11-12-25-20(27)18(31-22(25)30)13-15-5-3-4-6-17(15)23/h3-10,13H,2,11-12H2,1H3,(H,24,26)/b18-13+. The molecule has 0 atom stereocenters. The topological polar surface area (TPSA) is 75.7 Å². The Balaban J connectivity index is 1.56. The Morgan fingerprint density at radius 2 is 1.90 bits per heavy atom. The lowest BCUT2D eigenvalue weighted by Crippen LogP contribution is -2.31. The van der Waals surface area contributed by atoms with Crippen LogP contribution in [-0.2, 0) is 14.3 Å². The summed E-state index contributed by atoms with van der Waals surface area (Å²) in [6.45, 7) is 2.19. The average Bonchev–Trinajstić information content (AvgIpc) is 3.01. The number of rotatable bonds is 7. The number of hydrogen-bond acceptors (Lipinski definition) is 6. The highest BCUT2D eigenvalue weighted by Crippen LogP contribution is 2.33. The second-order valence-corrected chi connectivity index (χ2v) is 8.53. The number of thiocarbonyl (C=S) groups is 1. The SMILES string of the molecule is CCOC(=O)c1ccc(NC(=O)CCN2C(=O)/C(=C\c3ccccc3Cl)SC2=S)cc1. The van der Waals surface area contributed by atoms with Crippen LogP contribution in [0.5, 0.6) is 0 Å². The largest absolute Gasteiger partial charge is 0.462 e. The zero-order valence-corrected chi connectivity index (χ0v) is 19.0. The second kappa shape index (κ2) is 10.6. The van der Waals surface area contributed by atoms with Gasteiger partial charge in [0, 0.05) is 23.7 Å². The predicted molar refractivity (Wildman–Crippen MR) is 127 cm³/mol. The molecule has 2 aromatic carbocycles. The lowest BCUT2D eigenvalue weighted by atomic mass is 10.2. The molecule has 0 bridgehead atoms. The molecule has 160 valence electrons. The van der Waals surface area contributed by atoms with Crippen molar-refractivity contribution in [2.75, 3.05) is 18.5 Å². The number of halogens is 1. The Bertz CT molecular complexity index is 1050. The summed E-state index contributed by atoms with van der Waals surface area (Å²) in [5.41, 5.74) is 1.68. The van der Waals surface area contributed by atoms with E-state index in [1.165, 1.54) is 16.7 Å². The van der Waals surface area contributed by atoms with Crippen molar-refractivity contribution < 1.29 is 19.1 Å². The summed E-state index contributed by atoms with van der Waals surface area (Å²) < 4.78 is 5.33. The van der Waals surface area contributed by atoms with Crippen LogP contribution in [0.2, 0.25) is 5.02 Å². The molecule has 0 aromatic heterocycles. The fraction of sp³-hybridized carbons (Fsp3) is 0.182. The number of esters is 1. The normalized spacial score (nSPS) is 14.8. The molecule has 0 aliphatic carbocycles. The van der Waals surface area contributed by atoms with Gasteiger partial charge >= 0.3 is 5.97 Å². The molecule has 0 radical (unpaired) electrons. The maximum atomic E-state index is 12.7. The van der Waals surface area contributed by atoms with E-state index in [-0.39, 0.29) is 24.8 Å². The van der Waals surface area contributed by atoms with E-state index in [0.29, 0.717) is 32.1 Å². The van der Waals surface area contributed by atoms with Gasteiger partial charge in [0.15, 0.2) is 0 Å². The number of benzene rings is 2. The average molecular weight is 475 g/mol. The Labute approximate surface area is 194 Å². The van der Waals surface area contributed by atoms with Gasteiger partial charge in [-0.05, 0) is 48.9 Å². The summed E-state index contributed by atoms with van der Waals surface area (Å²) in [6, 6.07) is 13.6. The molecule has 0 unspecified atom stereocenters. The first kappa shape index (κ1) is 23.0. The van der Waals surface area contributed by atoms with E-state index in [0.717, 1.165) is 5.56 Å². The molecule has 1 aliphatic heterocycles. The molecule has 31 heavy (non-hydrogen) atoms. The number of anilines is 1. The number of ether oxygens (including phenoxy) is 1. The van der Waals surface area contributed by atoms with Gasteiger partial charge in [0.1, 0.15) is 4.32 Å². The number of carbonyl (C=O) groups is 3. The number of nitrogens with one attached hydrogen (secondary N) is 1. The van der Waals surface area contributed by atoms with Crippen LogP contribution >= 0.6 is 35.6 Å². The number of thioether (sulfide) groups is 1. The van der Waals surface area contributed by atoms with Crippen molar-refractivity contribution in [1.29, 1.82) is 0 Å². The van der Waals surface area contributed by atoms with Crippen molar-refractivity contribution in [3.63, 3.8) is 0 Å². The highest BCUT2D eigenvalue weighted by molar-refractivity contribution is 8.26. The second-order valence-electron chi connectivity index (χ2n) is 6.45. The van der Waals surface area contributed by atoms with Crippen molar-refractivity contribution in [2.24, 2.45) is 0 Å². The number of amides is 2. The van der Waals surface area contributed by atoms with E-state index in [2.05, 4.69) is 5.32 Å². The molecular formula is C22H19ClN2O4S2. The summed E-state index contributed by atoms with van der Waals surface area (Å²) in [5.74, 6) is -0.936. The molecule has 9 heteroatoms. The van der Waals surface area contributed by atoms with Gasteiger partial charge in [0.25, 0.3) is 5.91 Å². The first-order valence-electron chi connectivity index (χ1n) is 9.46. The van der Waals surface area contributed by atoms with E-state index in [1.54, 1.807) is 43.3 Å². The molecule has 2 aromatic rings. The summed E-state index contributed by atoms with van der Waals surface area (Å²) in [5, 5.41) is 3.28. The lowest BCUT2D eigenvalue weighted by Gasteiger charge is -2.14. The number of carbonyl (C=O) groups excluding carboxylic acids is 3. The van der Waals surface area contributed by atoms with E-state index >= 15 is 0 Å². The van der Waals surface area contributed by atoms with Crippen LogP contribution in [-0.4, -0.2) is 40.2 Å². The van der Waals surface area contributed by atoms with Crippen molar-refractivity contribution in [3.05, 3.63) is 69.6 Å². The zero-order chi connectivity index (χ0) is 22.4. The van der Waals surface area contributed by atoms with Gasteiger partial charge in [0.05, 0.1) is 17.1 Å². The molecular weight excluding hydrogens is 456 g/mol. The highest BCUT2D eigenvalue weighted by Gasteiger charge is 2.32. The molecule has 6 nitrogen and oxygen atoms in total. The van der Waals surface area contributed by atoms with Crippen molar-refractivity contribution in [2.45, 2.75) is 13.3 Å². The molecule has 2 amide bonds. The quantitative estimate of drug-likeness (QED) is 0.354. The minimum Gasteiger partial charge on any atom is -0.462 e. The van der Waals surface area contributed by atoms with Gasteiger partial charge in [0.2, 0.25) is 5.91 Å². The molecule has 1 N–H and O–H groups in total. The summed E-state index contributed by atoms with van der Waals surface area (Å²) in [7, 11) is 0. The first-order chi connectivity index (χ1) is 14.9. The smallest absolute Gasteiger partial charge is 0.338 e. The van der Waals surface area contributed by atoms with Gasteiger partial charge in [-0.1, -0.05) is 53.8 Å². The Morgan fingerprint density at radius 1 is 1.19 bits per heavy atom. The summed E-state index contributed by atoms with van der Waals surface area (Å²) >= 11 is 12.6. The Kier molecular flexibility index (Phi) is 7.84. The number of nitrogens with zero attached hydrogens (tertiary/aromatic N) is 1.